The molecule has 0 aliphatic rings. The highest BCUT2D eigenvalue weighted by molar-refractivity contribution is 7.15. The predicted octanol–water partition coefficient (Wildman–Crippen LogP) is 1.78. The fraction of sp³-hybridized carbons (Fsp3) is 0.400. The van der Waals surface area contributed by atoms with E-state index in [-0.39, 0.29) is 5.91 Å². The van der Waals surface area contributed by atoms with Crippen LogP contribution in [0.2, 0.25) is 0 Å². The molecule has 0 unspecified atom stereocenters. The third-order valence-corrected chi connectivity index (χ3v) is 2.77. The lowest BCUT2D eigenvalue weighted by Crippen LogP contribution is -2.27. The van der Waals surface area contributed by atoms with E-state index in [9.17, 15) is 4.79 Å². The Morgan fingerprint density at radius 3 is 3.13 bits per heavy atom. The fourth-order valence-corrected chi connectivity index (χ4v) is 1.92. The molecule has 0 aliphatic heterocycles. The molecule has 2 heterocycles. The third kappa shape index (κ3) is 2.18. The molecule has 0 radical (unpaired) electrons. The van der Waals surface area contributed by atoms with Crippen LogP contribution in [0.4, 0.5) is 0 Å². The van der Waals surface area contributed by atoms with Crippen LogP contribution in [0.5, 0.6) is 0 Å². The number of aromatic nitrogens is 2. The number of thiazole rings is 1. The van der Waals surface area contributed by atoms with Crippen molar-refractivity contribution in [2.75, 3.05) is 6.54 Å². The van der Waals surface area contributed by atoms with Crippen LogP contribution in [0.1, 0.15) is 24.3 Å². The molecule has 0 bridgehead atoms. The first-order valence-electron chi connectivity index (χ1n) is 4.87. The van der Waals surface area contributed by atoms with Gasteiger partial charge in [0.2, 0.25) is 0 Å². The van der Waals surface area contributed by atoms with Crippen molar-refractivity contribution in [2.24, 2.45) is 5.92 Å². The zero-order chi connectivity index (χ0) is 10.8. The van der Waals surface area contributed by atoms with E-state index in [1.165, 1.54) is 11.3 Å². The maximum absolute atomic E-state index is 11.6. The van der Waals surface area contributed by atoms with E-state index in [1.807, 2.05) is 16.0 Å². The number of carbonyl (C=O) groups is 1. The second kappa shape index (κ2) is 4.02. The summed E-state index contributed by atoms with van der Waals surface area (Å²) in [4.78, 5) is 16.7. The van der Waals surface area contributed by atoms with E-state index >= 15 is 0 Å². The highest BCUT2D eigenvalue weighted by Crippen LogP contribution is 2.11. The van der Waals surface area contributed by atoms with Gasteiger partial charge in [0, 0.05) is 24.3 Å². The summed E-state index contributed by atoms with van der Waals surface area (Å²) in [7, 11) is 0. The van der Waals surface area contributed by atoms with Gasteiger partial charge in [0.05, 0.1) is 0 Å². The molecular formula is C10H13N3OS. The minimum absolute atomic E-state index is 0.0976. The molecule has 0 aliphatic carbocycles. The number of nitrogens with one attached hydrogen (secondary N) is 1. The fourth-order valence-electron chi connectivity index (χ4n) is 1.22. The zero-order valence-electron chi connectivity index (χ0n) is 8.73. The Labute approximate surface area is 91.9 Å². The topological polar surface area (TPSA) is 46.4 Å². The van der Waals surface area contributed by atoms with Crippen LogP contribution in [0, 0.1) is 5.92 Å². The van der Waals surface area contributed by atoms with Gasteiger partial charge in [-0.2, -0.15) is 0 Å². The van der Waals surface area contributed by atoms with Gasteiger partial charge in [-0.1, -0.05) is 13.8 Å². The molecule has 1 amide bonds. The van der Waals surface area contributed by atoms with Crippen LogP contribution >= 0.6 is 11.3 Å². The molecule has 4 nitrogen and oxygen atoms in total. The van der Waals surface area contributed by atoms with Gasteiger partial charge < -0.3 is 5.32 Å². The van der Waals surface area contributed by atoms with Crippen LogP contribution in [0.15, 0.2) is 17.8 Å². The van der Waals surface area contributed by atoms with Crippen molar-refractivity contribution in [3.63, 3.8) is 0 Å². The highest BCUT2D eigenvalue weighted by Gasteiger charge is 2.10. The number of fused-ring (bicyclic) bond motifs is 1. The smallest absolute Gasteiger partial charge is 0.271 e. The third-order valence-electron chi connectivity index (χ3n) is 2.00. The first-order chi connectivity index (χ1) is 7.16. The normalized spacial score (nSPS) is 11.1. The molecule has 2 aromatic rings. The van der Waals surface area contributed by atoms with Gasteiger partial charge in [-0.25, -0.2) is 4.98 Å². The molecule has 80 valence electrons. The van der Waals surface area contributed by atoms with Gasteiger partial charge in [0.25, 0.3) is 5.91 Å². The number of imidazole rings is 1. The van der Waals surface area contributed by atoms with Crippen molar-refractivity contribution in [3.8, 4) is 0 Å². The number of hydrogen-bond acceptors (Lipinski definition) is 3. The largest absolute Gasteiger partial charge is 0.350 e. The molecular weight excluding hydrogens is 210 g/mol. The van der Waals surface area contributed by atoms with Gasteiger partial charge in [0.15, 0.2) is 4.96 Å². The lowest BCUT2D eigenvalue weighted by molar-refractivity contribution is 0.0944. The van der Waals surface area contributed by atoms with E-state index in [4.69, 9.17) is 0 Å². The summed E-state index contributed by atoms with van der Waals surface area (Å²) in [5.41, 5.74) is 0.488. The molecule has 0 aromatic carbocycles. The van der Waals surface area contributed by atoms with Gasteiger partial charge >= 0.3 is 0 Å². The summed E-state index contributed by atoms with van der Waals surface area (Å²) in [6.07, 6.45) is 3.65. The summed E-state index contributed by atoms with van der Waals surface area (Å²) < 4.78 is 1.86. The van der Waals surface area contributed by atoms with Crippen molar-refractivity contribution in [2.45, 2.75) is 13.8 Å². The standard InChI is InChI=1S/C10H13N3OS/c1-7(2)5-11-9(14)8-6-13-3-4-15-10(13)12-8/h3-4,6-7H,5H2,1-2H3,(H,11,14). The Hall–Kier alpha value is -1.36. The quantitative estimate of drug-likeness (QED) is 0.862. The Morgan fingerprint density at radius 1 is 1.67 bits per heavy atom. The van der Waals surface area contributed by atoms with Crippen molar-refractivity contribution in [1.82, 2.24) is 14.7 Å². The Bertz CT molecular complexity index is 443. The summed E-state index contributed by atoms with van der Waals surface area (Å²) in [6.45, 7) is 4.81. The number of nitrogens with zero attached hydrogens (tertiary/aromatic N) is 2. The molecule has 2 rings (SSSR count). The minimum atomic E-state index is -0.0976. The maximum Gasteiger partial charge on any atom is 0.271 e. The van der Waals surface area contributed by atoms with Crippen molar-refractivity contribution in [3.05, 3.63) is 23.5 Å². The van der Waals surface area contributed by atoms with Crippen LogP contribution in [0.3, 0.4) is 0 Å². The number of rotatable bonds is 3. The molecule has 15 heavy (non-hydrogen) atoms. The zero-order valence-corrected chi connectivity index (χ0v) is 9.54. The molecule has 1 N–H and O–H groups in total. The van der Waals surface area contributed by atoms with Crippen molar-refractivity contribution in [1.29, 1.82) is 0 Å². The Kier molecular flexibility index (Phi) is 2.73. The highest BCUT2D eigenvalue weighted by atomic mass is 32.1. The first-order valence-corrected chi connectivity index (χ1v) is 5.75. The van der Waals surface area contributed by atoms with E-state index in [2.05, 4.69) is 24.1 Å². The van der Waals surface area contributed by atoms with E-state index in [1.54, 1.807) is 6.20 Å². The minimum Gasteiger partial charge on any atom is -0.350 e. The van der Waals surface area contributed by atoms with E-state index in [0.29, 0.717) is 18.2 Å². The molecule has 0 fully saturated rings. The van der Waals surface area contributed by atoms with Crippen molar-refractivity contribution >= 4 is 22.2 Å². The summed E-state index contributed by atoms with van der Waals surface area (Å²) in [5, 5.41) is 4.78. The SMILES string of the molecule is CC(C)CNC(=O)c1cn2ccsc2n1. The average molecular weight is 223 g/mol. The summed E-state index contributed by atoms with van der Waals surface area (Å²) >= 11 is 1.52. The Balaban J connectivity index is 2.10. The maximum atomic E-state index is 11.6. The number of carbonyl (C=O) groups excluding carboxylic acids is 1. The van der Waals surface area contributed by atoms with E-state index < -0.39 is 0 Å². The molecule has 0 atom stereocenters. The summed E-state index contributed by atoms with van der Waals surface area (Å²) in [6, 6.07) is 0. The van der Waals surface area contributed by atoms with Crippen LogP contribution in [-0.4, -0.2) is 21.8 Å². The van der Waals surface area contributed by atoms with Gasteiger partial charge in [-0.15, -0.1) is 11.3 Å². The van der Waals surface area contributed by atoms with Crippen LogP contribution in [0.25, 0.3) is 4.96 Å². The van der Waals surface area contributed by atoms with E-state index in [0.717, 1.165) is 4.96 Å². The number of amides is 1. The first kappa shape index (κ1) is 10.2. The lowest BCUT2D eigenvalue weighted by Gasteiger charge is -2.04. The monoisotopic (exact) mass is 223 g/mol. The molecule has 2 aromatic heterocycles. The van der Waals surface area contributed by atoms with Gasteiger partial charge in [-0.3, -0.25) is 9.20 Å². The van der Waals surface area contributed by atoms with Gasteiger partial charge in [-0.05, 0) is 5.92 Å². The predicted molar refractivity (Wildman–Crippen MR) is 60.2 cm³/mol. The second-order valence-electron chi connectivity index (χ2n) is 3.82. The number of hydrogen-bond donors (Lipinski definition) is 1. The Morgan fingerprint density at radius 2 is 2.47 bits per heavy atom. The van der Waals surface area contributed by atoms with Crippen LogP contribution < -0.4 is 5.32 Å². The second-order valence-corrected chi connectivity index (χ2v) is 4.70. The van der Waals surface area contributed by atoms with Crippen molar-refractivity contribution < 1.29 is 4.79 Å². The summed E-state index contributed by atoms with van der Waals surface area (Å²) in [5.74, 6) is 0.359. The molecule has 0 spiro atoms. The molecule has 5 heteroatoms. The average Bonchev–Trinajstić information content (AvgIpc) is 2.72. The molecule has 0 saturated heterocycles. The van der Waals surface area contributed by atoms with Crippen LogP contribution in [-0.2, 0) is 0 Å². The van der Waals surface area contributed by atoms with Gasteiger partial charge in [0.1, 0.15) is 5.69 Å². The lowest BCUT2D eigenvalue weighted by atomic mass is 10.2. The molecule has 0 saturated carbocycles.